The minimum Gasteiger partial charge on any atom is -0.461 e. The molecule has 2 heteroatoms. The summed E-state index contributed by atoms with van der Waals surface area (Å²) >= 11 is 0. The maximum absolute atomic E-state index is 5.81. The molecule has 2 N–H and O–H groups in total. The number of furan rings is 1. The molecule has 0 radical (unpaired) electrons. The Labute approximate surface area is 77.3 Å². The second-order valence-corrected chi connectivity index (χ2v) is 3.56. The summed E-state index contributed by atoms with van der Waals surface area (Å²) in [5.41, 5.74) is 7.47. The lowest BCUT2D eigenvalue weighted by atomic mass is 10.1. The number of nitrogens with two attached hydrogens (primary N) is 1. The first-order valence-corrected chi connectivity index (χ1v) is 4.46. The van der Waals surface area contributed by atoms with Crippen LogP contribution in [0.5, 0.6) is 0 Å². The van der Waals surface area contributed by atoms with E-state index in [0.717, 1.165) is 22.4 Å². The van der Waals surface area contributed by atoms with Gasteiger partial charge in [0.15, 0.2) is 0 Å². The Balaban J connectivity index is 2.68. The van der Waals surface area contributed by atoms with Gasteiger partial charge in [-0.3, -0.25) is 0 Å². The van der Waals surface area contributed by atoms with E-state index in [9.17, 15) is 0 Å². The van der Waals surface area contributed by atoms with Gasteiger partial charge in [-0.05, 0) is 18.2 Å². The third kappa shape index (κ3) is 1.28. The molecule has 2 aromatic rings. The van der Waals surface area contributed by atoms with Crippen molar-refractivity contribution >= 4 is 16.7 Å². The molecule has 2 rings (SSSR count). The van der Waals surface area contributed by atoms with Crippen molar-refractivity contribution < 1.29 is 4.42 Å². The fourth-order valence-corrected chi connectivity index (χ4v) is 1.39. The van der Waals surface area contributed by atoms with E-state index < -0.39 is 0 Å². The van der Waals surface area contributed by atoms with Crippen LogP contribution in [0.15, 0.2) is 28.7 Å². The smallest absolute Gasteiger partial charge is 0.136 e. The Morgan fingerprint density at radius 2 is 2.08 bits per heavy atom. The molecule has 0 aliphatic heterocycles. The zero-order valence-corrected chi connectivity index (χ0v) is 7.87. The third-order valence-corrected chi connectivity index (χ3v) is 2.18. The molecule has 0 aliphatic rings. The summed E-state index contributed by atoms with van der Waals surface area (Å²) in [6, 6.07) is 7.76. The van der Waals surface area contributed by atoms with Crippen molar-refractivity contribution in [2.45, 2.75) is 19.8 Å². The number of nitrogen functional groups attached to an aromatic ring is 1. The van der Waals surface area contributed by atoms with E-state index >= 15 is 0 Å². The van der Waals surface area contributed by atoms with Gasteiger partial charge in [-0.2, -0.15) is 0 Å². The summed E-state index contributed by atoms with van der Waals surface area (Å²) in [6.07, 6.45) is 0. The number of benzene rings is 1. The van der Waals surface area contributed by atoms with Crippen LogP contribution in [0.2, 0.25) is 0 Å². The summed E-state index contributed by atoms with van der Waals surface area (Å²) in [4.78, 5) is 0. The average Bonchev–Trinajstić information content (AvgIpc) is 2.49. The number of hydrogen-bond acceptors (Lipinski definition) is 2. The van der Waals surface area contributed by atoms with Crippen LogP contribution < -0.4 is 5.73 Å². The summed E-state index contributed by atoms with van der Waals surface area (Å²) in [6.45, 7) is 4.21. The van der Waals surface area contributed by atoms with E-state index in [-0.39, 0.29) is 0 Å². The third-order valence-electron chi connectivity index (χ3n) is 2.18. The highest BCUT2D eigenvalue weighted by atomic mass is 16.3. The van der Waals surface area contributed by atoms with E-state index in [1.807, 2.05) is 24.3 Å². The zero-order valence-electron chi connectivity index (χ0n) is 7.87. The van der Waals surface area contributed by atoms with Crippen LogP contribution in [0.1, 0.15) is 25.5 Å². The normalized spacial score (nSPS) is 11.3. The molecule has 0 unspecified atom stereocenters. The SMILES string of the molecule is CC(C)c1cc2c(N)cccc2o1. The van der Waals surface area contributed by atoms with Gasteiger partial charge in [0.1, 0.15) is 11.3 Å². The molecule has 0 saturated carbocycles. The minimum absolute atomic E-state index is 0.409. The second-order valence-electron chi connectivity index (χ2n) is 3.56. The van der Waals surface area contributed by atoms with Gasteiger partial charge in [-0.25, -0.2) is 0 Å². The highest BCUT2D eigenvalue weighted by Gasteiger charge is 2.08. The lowest BCUT2D eigenvalue weighted by molar-refractivity contribution is 0.522. The standard InChI is InChI=1S/C11H13NO/c1-7(2)11-6-8-9(12)4-3-5-10(8)13-11/h3-7H,12H2,1-2H3. The van der Waals surface area contributed by atoms with Crippen molar-refractivity contribution in [1.29, 1.82) is 0 Å². The van der Waals surface area contributed by atoms with Gasteiger partial charge in [0.2, 0.25) is 0 Å². The number of anilines is 1. The molecule has 0 aliphatic carbocycles. The molecular weight excluding hydrogens is 162 g/mol. The molecule has 2 nitrogen and oxygen atoms in total. The van der Waals surface area contributed by atoms with E-state index in [4.69, 9.17) is 10.2 Å². The van der Waals surface area contributed by atoms with Gasteiger partial charge in [-0.1, -0.05) is 19.9 Å². The van der Waals surface area contributed by atoms with Gasteiger partial charge in [0, 0.05) is 17.0 Å². The summed E-state index contributed by atoms with van der Waals surface area (Å²) in [5, 5.41) is 1.02. The molecule has 0 saturated heterocycles. The fourth-order valence-electron chi connectivity index (χ4n) is 1.39. The zero-order chi connectivity index (χ0) is 9.42. The van der Waals surface area contributed by atoms with E-state index in [1.165, 1.54) is 0 Å². The molecule has 68 valence electrons. The first-order chi connectivity index (χ1) is 6.18. The summed E-state index contributed by atoms with van der Waals surface area (Å²) < 4.78 is 5.63. The van der Waals surface area contributed by atoms with Crippen molar-refractivity contribution in [1.82, 2.24) is 0 Å². The number of rotatable bonds is 1. The van der Waals surface area contributed by atoms with Gasteiger partial charge in [-0.15, -0.1) is 0 Å². The van der Waals surface area contributed by atoms with E-state index in [1.54, 1.807) is 0 Å². The largest absolute Gasteiger partial charge is 0.461 e. The van der Waals surface area contributed by atoms with Crippen LogP contribution in [-0.4, -0.2) is 0 Å². The maximum Gasteiger partial charge on any atom is 0.136 e. The van der Waals surface area contributed by atoms with Crippen LogP contribution >= 0.6 is 0 Å². The van der Waals surface area contributed by atoms with Crippen LogP contribution in [0.3, 0.4) is 0 Å². The predicted octanol–water partition coefficient (Wildman–Crippen LogP) is 3.14. The molecule has 0 atom stereocenters. The molecule has 1 aromatic heterocycles. The molecule has 13 heavy (non-hydrogen) atoms. The monoisotopic (exact) mass is 175 g/mol. The molecule has 0 bridgehead atoms. The molecular formula is C11H13NO. The lowest BCUT2D eigenvalue weighted by Gasteiger charge is -1.95. The van der Waals surface area contributed by atoms with Gasteiger partial charge >= 0.3 is 0 Å². The van der Waals surface area contributed by atoms with Crippen LogP contribution in [-0.2, 0) is 0 Å². The second kappa shape index (κ2) is 2.80. The fraction of sp³-hybridized carbons (Fsp3) is 0.273. The molecule has 1 aromatic carbocycles. The lowest BCUT2D eigenvalue weighted by Crippen LogP contribution is -1.83. The first kappa shape index (κ1) is 8.17. The Hall–Kier alpha value is -1.44. The highest BCUT2D eigenvalue weighted by molar-refractivity contribution is 5.89. The van der Waals surface area contributed by atoms with E-state index in [2.05, 4.69) is 13.8 Å². The minimum atomic E-state index is 0.409. The van der Waals surface area contributed by atoms with Crippen LogP contribution in [0.25, 0.3) is 11.0 Å². The van der Waals surface area contributed by atoms with Crippen molar-refractivity contribution in [3.63, 3.8) is 0 Å². The topological polar surface area (TPSA) is 39.2 Å². The number of fused-ring (bicyclic) bond motifs is 1. The first-order valence-electron chi connectivity index (χ1n) is 4.46. The van der Waals surface area contributed by atoms with Gasteiger partial charge in [0.05, 0.1) is 0 Å². The molecule has 1 heterocycles. The quantitative estimate of drug-likeness (QED) is 0.676. The average molecular weight is 175 g/mol. The van der Waals surface area contributed by atoms with Crippen molar-refractivity contribution in [2.75, 3.05) is 5.73 Å². The van der Waals surface area contributed by atoms with Crippen molar-refractivity contribution in [3.8, 4) is 0 Å². The Morgan fingerprint density at radius 3 is 2.69 bits per heavy atom. The van der Waals surface area contributed by atoms with Crippen molar-refractivity contribution in [2.24, 2.45) is 0 Å². The molecule has 0 amide bonds. The highest BCUT2D eigenvalue weighted by Crippen LogP contribution is 2.28. The van der Waals surface area contributed by atoms with Crippen LogP contribution in [0, 0.1) is 0 Å². The number of hydrogen-bond donors (Lipinski definition) is 1. The Bertz CT molecular complexity index is 429. The Kier molecular flexibility index (Phi) is 1.76. The predicted molar refractivity (Wildman–Crippen MR) is 54.7 cm³/mol. The van der Waals surface area contributed by atoms with Gasteiger partial charge in [0.25, 0.3) is 0 Å². The molecule has 0 spiro atoms. The maximum atomic E-state index is 5.81. The Morgan fingerprint density at radius 1 is 1.31 bits per heavy atom. The summed E-state index contributed by atoms with van der Waals surface area (Å²) in [5.74, 6) is 1.40. The van der Waals surface area contributed by atoms with E-state index in [0.29, 0.717) is 5.92 Å². The molecule has 0 fully saturated rings. The van der Waals surface area contributed by atoms with Crippen LogP contribution in [0.4, 0.5) is 5.69 Å². The summed E-state index contributed by atoms with van der Waals surface area (Å²) in [7, 11) is 0. The van der Waals surface area contributed by atoms with Gasteiger partial charge < -0.3 is 10.2 Å². The van der Waals surface area contributed by atoms with Crippen molar-refractivity contribution in [3.05, 3.63) is 30.0 Å².